The largest absolute Gasteiger partial charge is 0.356 e. The molecule has 2 heterocycles. The van der Waals surface area contributed by atoms with Crippen LogP contribution in [0.25, 0.3) is 0 Å². The first-order valence-electron chi connectivity index (χ1n) is 6.70. The summed E-state index contributed by atoms with van der Waals surface area (Å²) in [5.74, 6) is 3.63. The van der Waals surface area contributed by atoms with Gasteiger partial charge in [0.1, 0.15) is 5.82 Å². The molecule has 0 radical (unpaired) electrons. The van der Waals surface area contributed by atoms with Crippen molar-refractivity contribution in [2.75, 3.05) is 30.0 Å². The van der Waals surface area contributed by atoms with Crippen molar-refractivity contribution < 1.29 is 0 Å². The van der Waals surface area contributed by atoms with Gasteiger partial charge in [-0.05, 0) is 37.3 Å². The average molecular weight is 265 g/mol. The van der Waals surface area contributed by atoms with E-state index >= 15 is 0 Å². The van der Waals surface area contributed by atoms with E-state index in [1.54, 1.807) is 0 Å². The van der Waals surface area contributed by atoms with E-state index in [1.807, 2.05) is 11.8 Å². The quantitative estimate of drug-likeness (QED) is 0.885. The predicted octanol–water partition coefficient (Wildman–Crippen LogP) is 2.44. The minimum atomic E-state index is 0.654. The minimum absolute atomic E-state index is 0.654. The van der Waals surface area contributed by atoms with E-state index in [9.17, 15) is 0 Å². The zero-order chi connectivity index (χ0) is 13.0. The molecule has 1 fully saturated rings. The van der Waals surface area contributed by atoms with Gasteiger partial charge in [0.25, 0.3) is 0 Å². The summed E-state index contributed by atoms with van der Waals surface area (Å²) in [6.45, 7) is 6.15. The van der Waals surface area contributed by atoms with E-state index in [0.29, 0.717) is 6.04 Å². The van der Waals surface area contributed by atoms with Gasteiger partial charge in [0, 0.05) is 31.1 Å². The van der Waals surface area contributed by atoms with Crippen molar-refractivity contribution in [3.05, 3.63) is 23.4 Å². The van der Waals surface area contributed by atoms with E-state index in [2.05, 4.69) is 43.2 Å². The average Bonchev–Trinajstić information content (AvgIpc) is 2.90. The number of hydrogen-bond acceptors (Lipinski definition) is 4. The molecule has 1 N–H and O–H groups in total. The van der Waals surface area contributed by atoms with Crippen LogP contribution in [-0.2, 0) is 6.54 Å². The second kappa shape index (κ2) is 6.43. The van der Waals surface area contributed by atoms with E-state index in [4.69, 9.17) is 4.98 Å². The highest BCUT2D eigenvalue weighted by atomic mass is 32.2. The lowest BCUT2D eigenvalue weighted by Gasteiger charge is -2.25. The molecule has 1 saturated heterocycles. The van der Waals surface area contributed by atoms with Crippen molar-refractivity contribution >= 4 is 17.6 Å². The zero-order valence-corrected chi connectivity index (χ0v) is 12.4. The Morgan fingerprint density at radius 2 is 2.33 bits per heavy atom. The minimum Gasteiger partial charge on any atom is -0.356 e. The van der Waals surface area contributed by atoms with Crippen molar-refractivity contribution in [3.8, 4) is 0 Å². The van der Waals surface area contributed by atoms with Crippen LogP contribution in [0.4, 0.5) is 5.82 Å². The Morgan fingerprint density at radius 1 is 1.50 bits per heavy atom. The van der Waals surface area contributed by atoms with Gasteiger partial charge in [-0.3, -0.25) is 0 Å². The molecular formula is C14H23N3S. The first kappa shape index (κ1) is 13.7. The van der Waals surface area contributed by atoms with E-state index in [-0.39, 0.29) is 0 Å². The van der Waals surface area contributed by atoms with Gasteiger partial charge in [-0.25, -0.2) is 4.98 Å². The second-order valence-electron chi connectivity index (χ2n) is 4.82. The molecule has 0 aromatic carbocycles. The standard InChI is InChI=1S/C14H23N3S/c1-4-15-9-12-5-6-14(16-11(12)2)17(3)13-7-8-18-10-13/h5-6,13,15H,4,7-10H2,1-3H3. The number of hydrogen-bond donors (Lipinski definition) is 1. The summed E-state index contributed by atoms with van der Waals surface area (Å²) in [7, 11) is 2.17. The SMILES string of the molecule is CCNCc1ccc(N(C)C2CCSC2)nc1C. The molecule has 18 heavy (non-hydrogen) atoms. The predicted molar refractivity (Wildman–Crippen MR) is 80.5 cm³/mol. The Labute approximate surface area is 114 Å². The van der Waals surface area contributed by atoms with Crippen LogP contribution in [0.1, 0.15) is 24.6 Å². The fourth-order valence-electron chi connectivity index (χ4n) is 2.23. The Bertz CT molecular complexity index is 389. The van der Waals surface area contributed by atoms with Gasteiger partial charge < -0.3 is 10.2 Å². The van der Waals surface area contributed by atoms with Crippen LogP contribution >= 0.6 is 11.8 Å². The molecule has 3 nitrogen and oxygen atoms in total. The van der Waals surface area contributed by atoms with Gasteiger partial charge in [0.15, 0.2) is 0 Å². The molecule has 1 aromatic rings. The third-order valence-corrected chi connectivity index (χ3v) is 4.71. The molecule has 1 atom stereocenters. The van der Waals surface area contributed by atoms with Gasteiger partial charge >= 0.3 is 0 Å². The Balaban J connectivity index is 2.07. The number of anilines is 1. The number of aromatic nitrogens is 1. The number of rotatable bonds is 5. The van der Waals surface area contributed by atoms with Crippen LogP contribution in [0.15, 0.2) is 12.1 Å². The maximum atomic E-state index is 4.75. The number of thioether (sulfide) groups is 1. The molecule has 4 heteroatoms. The molecule has 1 aromatic heterocycles. The molecule has 1 aliphatic heterocycles. The van der Waals surface area contributed by atoms with Gasteiger partial charge in [-0.1, -0.05) is 13.0 Å². The summed E-state index contributed by atoms with van der Waals surface area (Å²) in [5.41, 5.74) is 2.45. The summed E-state index contributed by atoms with van der Waals surface area (Å²) < 4.78 is 0. The van der Waals surface area contributed by atoms with Crippen LogP contribution in [0.5, 0.6) is 0 Å². The van der Waals surface area contributed by atoms with Gasteiger partial charge in [0.05, 0.1) is 0 Å². The summed E-state index contributed by atoms with van der Waals surface area (Å²) in [6.07, 6.45) is 1.28. The van der Waals surface area contributed by atoms with Crippen molar-refractivity contribution in [1.29, 1.82) is 0 Å². The molecular weight excluding hydrogens is 242 g/mol. The molecule has 1 unspecified atom stereocenters. The first-order chi connectivity index (χ1) is 8.72. The maximum absolute atomic E-state index is 4.75. The van der Waals surface area contributed by atoms with Gasteiger partial charge in [-0.2, -0.15) is 11.8 Å². The second-order valence-corrected chi connectivity index (χ2v) is 5.97. The fourth-order valence-corrected chi connectivity index (χ4v) is 3.50. The van der Waals surface area contributed by atoms with Crippen LogP contribution < -0.4 is 10.2 Å². The highest BCUT2D eigenvalue weighted by Gasteiger charge is 2.21. The van der Waals surface area contributed by atoms with Crippen LogP contribution in [-0.4, -0.2) is 36.1 Å². The van der Waals surface area contributed by atoms with Gasteiger partial charge in [0.2, 0.25) is 0 Å². The van der Waals surface area contributed by atoms with Crippen molar-refractivity contribution in [2.24, 2.45) is 0 Å². The van der Waals surface area contributed by atoms with Crippen molar-refractivity contribution in [3.63, 3.8) is 0 Å². The first-order valence-corrected chi connectivity index (χ1v) is 7.85. The van der Waals surface area contributed by atoms with E-state index in [1.165, 1.54) is 23.5 Å². The third-order valence-electron chi connectivity index (χ3n) is 3.56. The van der Waals surface area contributed by atoms with Crippen molar-refractivity contribution in [1.82, 2.24) is 10.3 Å². The highest BCUT2D eigenvalue weighted by Crippen LogP contribution is 2.25. The van der Waals surface area contributed by atoms with Crippen molar-refractivity contribution in [2.45, 2.75) is 32.9 Å². The lowest BCUT2D eigenvalue weighted by atomic mass is 10.2. The fraction of sp³-hybridized carbons (Fsp3) is 0.643. The lowest BCUT2D eigenvalue weighted by Crippen LogP contribution is -2.32. The molecule has 100 valence electrons. The molecule has 1 aliphatic rings. The topological polar surface area (TPSA) is 28.2 Å². The maximum Gasteiger partial charge on any atom is 0.128 e. The van der Waals surface area contributed by atoms with E-state index < -0.39 is 0 Å². The summed E-state index contributed by atoms with van der Waals surface area (Å²) in [5, 5.41) is 3.35. The van der Waals surface area contributed by atoms with Crippen LogP contribution in [0.2, 0.25) is 0 Å². The third kappa shape index (κ3) is 3.18. The number of aryl methyl sites for hydroxylation is 1. The Kier molecular flexibility index (Phi) is 4.89. The molecule has 0 amide bonds. The highest BCUT2D eigenvalue weighted by molar-refractivity contribution is 7.99. The Morgan fingerprint density at radius 3 is 2.94 bits per heavy atom. The monoisotopic (exact) mass is 265 g/mol. The van der Waals surface area contributed by atoms with Gasteiger partial charge in [-0.15, -0.1) is 0 Å². The smallest absolute Gasteiger partial charge is 0.128 e. The molecule has 0 spiro atoms. The molecule has 0 aliphatic carbocycles. The van der Waals surface area contributed by atoms with E-state index in [0.717, 1.165) is 24.6 Å². The Hall–Kier alpha value is -0.740. The lowest BCUT2D eigenvalue weighted by molar-refractivity contribution is 0.686. The summed E-state index contributed by atoms with van der Waals surface area (Å²) in [4.78, 5) is 7.08. The summed E-state index contributed by atoms with van der Waals surface area (Å²) in [6, 6.07) is 5.02. The number of pyridine rings is 1. The van der Waals surface area contributed by atoms with Crippen LogP contribution in [0, 0.1) is 6.92 Å². The molecule has 0 saturated carbocycles. The normalized spacial score (nSPS) is 19.2. The number of nitrogens with zero attached hydrogens (tertiary/aromatic N) is 2. The summed E-state index contributed by atoms with van der Waals surface area (Å²) >= 11 is 2.04. The zero-order valence-electron chi connectivity index (χ0n) is 11.6. The van der Waals surface area contributed by atoms with Crippen LogP contribution in [0.3, 0.4) is 0 Å². The molecule has 2 rings (SSSR count). The number of nitrogens with one attached hydrogen (secondary N) is 1. The molecule has 0 bridgehead atoms.